The number of likely N-dealkylation sites (N-methyl/N-ethyl adjacent to an activating group) is 1. The Morgan fingerprint density at radius 2 is 2.36 bits per heavy atom. The van der Waals surface area contributed by atoms with Gasteiger partial charge in [-0.15, -0.1) is 0 Å². The summed E-state index contributed by atoms with van der Waals surface area (Å²) in [6.07, 6.45) is 0.145. The maximum absolute atomic E-state index is 11.2. The molecule has 1 rings (SSSR count). The number of hydrogen-bond donors (Lipinski definition) is 1. The molecule has 14 heavy (non-hydrogen) atoms. The Kier molecular flexibility index (Phi) is 2.98. The fourth-order valence-corrected chi connectivity index (χ4v) is 1.69. The normalized spacial score (nSPS) is 26.4. The predicted molar refractivity (Wildman–Crippen MR) is 49.0 cm³/mol. The smallest absolute Gasteiger partial charge is 0.410 e. The molecule has 0 radical (unpaired) electrons. The monoisotopic (exact) mass is 201 g/mol. The molecule has 0 bridgehead atoms. The molecule has 5 nitrogen and oxygen atoms in total. The summed E-state index contributed by atoms with van der Waals surface area (Å²) in [6, 6.07) is 0. The molecule has 1 amide bonds. The molecule has 0 saturated carbocycles. The largest absolute Gasteiger partial charge is 0.481 e. The molecule has 0 aromatic rings. The summed E-state index contributed by atoms with van der Waals surface area (Å²) < 4.78 is 4.90. The van der Waals surface area contributed by atoms with Crippen LogP contribution in [0.2, 0.25) is 0 Å². The summed E-state index contributed by atoms with van der Waals surface area (Å²) in [7, 11) is 0. The van der Waals surface area contributed by atoms with E-state index in [1.165, 1.54) is 0 Å². The Bertz CT molecular complexity index is 253. The Morgan fingerprint density at radius 1 is 1.71 bits per heavy atom. The number of amides is 1. The summed E-state index contributed by atoms with van der Waals surface area (Å²) in [5, 5.41) is 8.57. The molecule has 1 aliphatic heterocycles. The van der Waals surface area contributed by atoms with Crippen molar-refractivity contribution in [2.24, 2.45) is 0 Å². The van der Waals surface area contributed by atoms with Gasteiger partial charge in [0.05, 0.1) is 5.54 Å². The Morgan fingerprint density at radius 3 is 2.86 bits per heavy atom. The number of rotatable bonds is 4. The van der Waals surface area contributed by atoms with Gasteiger partial charge in [-0.25, -0.2) is 4.79 Å². The molecule has 1 saturated heterocycles. The lowest BCUT2D eigenvalue weighted by atomic mass is 9.96. The number of aliphatic carboxylic acids is 1. The lowest BCUT2D eigenvalue weighted by Crippen LogP contribution is -2.44. The highest BCUT2D eigenvalue weighted by Gasteiger charge is 2.42. The van der Waals surface area contributed by atoms with E-state index in [0.29, 0.717) is 13.0 Å². The highest BCUT2D eigenvalue weighted by Crippen LogP contribution is 2.28. The number of hydrogen-bond acceptors (Lipinski definition) is 3. The second kappa shape index (κ2) is 3.86. The van der Waals surface area contributed by atoms with Crippen molar-refractivity contribution in [3.63, 3.8) is 0 Å². The first kappa shape index (κ1) is 10.8. The van der Waals surface area contributed by atoms with Crippen molar-refractivity contribution in [3.8, 4) is 0 Å². The number of carboxylic acid groups (broad SMARTS) is 1. The predicted octanol–water partition coefficient (Wildman–Crippen LogP) is 1.08. The molecule has 0 aromatic carbocycles. The molecule has 0 spiro atoms. The van der Waals surface area contributed by atoms with Gasteiger partial charge < -0.3 is 9.84 Å². The first-order chi connectivity index (χ1) is 6.49. The fraction of sp³-hybridized carbons (Fsp3) is 0.778. The van der Waals surface area contributed by atoms with Gasteiger partial charge in [-0.1, -0.05) is 0 Å². The second-order valence-corrected chi connectivity index (χ2v) is 3.69. The number of ether oxygens (including phenoxy) is 1. The summed E-state index contributed by atoms with van der Waals surface area (Å²) >= 11 is 0. The highest BCUT2D eigenvalue weighted by molar-refractivity contribution is 5.71. The molecule has 1 heterocycles. The van der Waals surface area contributed by atoms with E-state index in [1.807, 2.05) is 13.8 Å². The van der Waals surface area contributed by atoms with Crippen molar-refractivity contribution >= 4 is 12.1 Å². The molecule has 1 unspecified atom stereocenters. The van der Waals surface area contributed by atoms with Crippen LogP contribution in [-0.4, -0.2) is 40.8 Å². The van der Waals surface area contributed by atoms with Gasteiger partial charge in [-0.2, -0.15) is 0 Å². The average molecular weight is 201 g/mol. The van der Waals surface area contributed by atoms with Gasteiger partial charge in [-0.3, -0.25) is 9.69 Å². The van der Waals surface area contributed by atoms with Gasteiger partial charge >= 0.3 is 12.1 Å². The molecular formula is C9H15NO4. The van der Waals surface area contributed by atoms with Crippen molar-refractivity contribution in [1.82, 2.24) is 4.90 Å². The van der Waals surface area contributed by atoms with E-state index in [2.05, 4.69) is 0 Å². The van der Waals surface area contributed by atoms with Gasteiger partial charge in [0.25, 0.3) is 0 Å². The molecule has 1 aliphatic rings. The van der Waals surface area contributed by atoms with Crippen LogP contribution < -0.4 is 0 Å². The zero-order valence-electron chi connectivity index (χ0n) is 8.45. The minimum Gasteiger partial charge on any atom is -0.481 e. The van der Waals surface area contributed by atoms with Crippen LogP contribution >= 0.6 is 0 Å². The van der Waals surface area contributed by atoms with Crippen LogP contribution in [0.25, 0.3) is 0 Å². The Hall–Kier alpha value is -1.26. The molecule has 80 valence electrons. The summed E-state index contributed by atoms with van der Waals surface area (Å²) in [4.78, 5) is 23.2. The van der Waals surface area contributed by atoms with E-state index in [1.54, 1.807) is 4.90 Å². The first-order valence-electron chi connectivity index (χ1n) is 4.66. The minimum atomic E-state index is -0.846. The molecule has 1 N–H and O–H groups in total. The lowest BCUT2D eigenvalue weighted by Gasteiger charge is -2.30. The maximum atomic E-state index is 11.2. The van der Waals surface area contributed by atoms with E-state index < -0.39 is 11.5 Å². The quantitative estimate of drug-likeness (QED) is 0.739. The third kappa shape index (κ3) is 1.97. The molecule has 0 aliphatic carbocycles. The van der Waals surface area contributed by atoms with E-state index in [4.69, 9.17) is 9.84 Å². The SMILES string of the molecule is CCN1C(=O)OCC1(C)CCC(=O)O. The molecule has 1 atom stereocenters. The lowest BCUT2D eigenvalue weighted by molar-refractivity contribution is -0.137. The third-order valence-corrected chi connectivity index (χ3v) is 2.57. The number of nitrogens with zero attached hydrogens (tertiary/aromatic N) is 1. The standard InChI is InChI=1S/C9H15NO4/c1-3-10-8(13)14-6-9(10,2)5-4-7(11)12/h3-6H2,1-2H3,(H,11,12). The van der Waals surface area contributed by atoms with Gasteiger partial charge in [-0.05, 0) is 20.3 Å². The summed E-state index contributed by atoms with van der Waals surface area (Å²) in [6.45, 7) is 4.54. The van der Waals surface area contributed by atoms with Crippen molar-refractivity contribution in [1.29, 1.82) is 0 Å². The molecule has 1 fully saturated rings. The van der Waals surface area contributed by atoms with Crippen LogP contribution in [-0.2, 0) is 9.53 Å². The molecule has 0 aromatic heterocycles. The Labute approximate surface area is 82.6 Å². The van der Waals surface area contributed by atoms with Crippen molar-refractivity contribution in [2.75, 3.05) is 13.2 Å². The van der Waals surface area contributed by atoms with E-state index in [9.17, 15) is 9.59 Å². The van der Waals surface area contributed by atoms with Crippen LogP contribution in [0.5, 0.6) is 0 Å². The Balaban J connectivity index is 2.63. The van der Waals surface area contributed by atoms with Crippen molar-refractivity contribution in [3.05, 3.63) is 0 Å². The zero-order chi connectivity index (χ0) is 10.8. The average Bonchev–Trinajstić information content (AvgIpc) is 2.40. The summed E-state index contributed by atoms with van der Waals surface area (Å²) in [5.74, 6) is -0.846. The van der Waals surface area contributed by atoms with E-state index >= 15 is 0 Å². The zero-order valence-corrected chi connectivity index (χ0v) is 8.45. The van der Waals surface area contributed by atoms with E-state index in [0.717, 1.165) is 0 Å². The topological polar surface area (TPSA) is 66.8 Å². The van der Waals surface area contributed by atoms with Crippen molar-refractivity contribution < 1.29 is 19.4 Å². The van der Waals surface area contributed by atoms with Gasteiger partial charge in [0.1, 0.15) is 6.61 Å². The highest BCUT2D eigenvalue weighted by atomic mass is 16.6. The van der Waals surface area contributed by atoms with E-state index in [-0.39, 0.29) is 19.1 Å². The molecule has 5 heteroatoms. The third-order valence-electron chi connectivity index (χ3n) is 2.57. The van der Waals surface area contributed by atoms with Crippen LogP contribution in [0.4, 0.5) is 4.79 Å². The fourth-order valence-electron chi connectivity index (χ4n) is 1.69. The van der Waals surface area contributed by atoms with Gasteiger partial charge in [0, 0.05) is 13.0 Å². The van der Waals surface area contributed by atoms with Gasteiger partial charge in [0.15, 0.2) is 0 Å². The summed E-state index contributed by atoms with van der Waals surface area (Å²) in [5.41, 5.74) is -0.454. The van der Waals surface area contributed by atoms with Crippen molar-refractivity contribution in [2.45, 2.75) is 32.2 Å². The number of carbonyl (C=O) groups excluding carboxylic acids is 1. The second-order valence-electron chi connectivity index (χ2n) is 3.69. The minimum absolute atomic E-state index is 0.0592. The van der Waals surface area contributed by atoms with Crippen LogP contribution in [0.1, 0.15) is 26.7 Å². The number of carboxylic acids is 1. The van der Waals surface area contributed by atoms with Crippen LogP contribution in [0.3, 0.4) is 0 Å². The number of carbonyl (C=O) groups is 2. The van der Waals surface area contributed by atoms with Crippen LogP contribution in [0, 0.1) is 0 Å². The molecular weight excluding hydrogens is 186 g/mol. The van der Waals surface area contributed by atoms with Gasteiger partial charge in [0.2, 0.25) is 0 Å². The maximum Gasteiger partial charge on any atom is 0.410 e. The van der Waals surface area contributed by atoms with Crippen LogP contribution in [0.15, 0.2) is 0 Å². The number of cyclic esters (lactones) is 1. The first-order valence-corrected chi connectivity index (χ1v) is 4.66.